The third kappa shape index (κ3) is 3.59. The molecule has 0 saturated carbocycles. The van der Waals surface area contributed by atoms with Gasteiger partial charge in [-0.1, -0.05) is 0 Å². The largest absolute Gasteiger partial charge is 0.361 e. The van der Waals surface area contributed by atoms with Crippen molar-refractivity contribution in [1.29, 1.82) is 0 Å². The normalized spacial score (nSPS) is 10.5. The number of nitrogens with zero attached hydrogens (tertiary/aromatic N) is 3. The van der Waals surface area contributed by atoms with E-state index in [4.69, 9.17) is 5.73 Å². The van der Waals surface area contributed by atoms with Crippen molar-refractivity contribution >= 4 is 17.6 Å². The average molecular weight is 353 g/mol. The van der Waals surface area contributed by atoms with Crippen molar-refractivity contribution in [3.05, 3.63) is 54.6 Å². The predicted molar refractivity (Wildman–Crippen MR) is 94.4 cm³/mol. The Hall–Kier alpha value is -3.55. The van der Waals surface area contributed by atoms with E-state index in [0.717, 1.165) is 16.7 Å². The van der Waals surface area contributed by atoms with Crippen LogP contribution in [0.4, 0.5) is 10.2 Å². The smallest absolute Gasteiger partial charge is 0.314 e. The number of halogens is 1. The minimum absolute atomic E-state index is 0.195. The molecule has 0 unspecified atom stereocenters. The lowest BCUT2D eigenvalue weighted by atomic mass is 10.0. The van der Waals surface area contributed by atoms with Crippen molar-refractivity contribution in [3.8, 4) is 22.4 Å². The number of benzene rings is 1. The Balaban J connectivity index is 2.03. The van der Waals surface area contributed by atoms with Crippen LogP contribution in [0.1, 0.15) is 6.92 Å². The maximum absolute atomic E-state index is 13.2. The van der Waals surface area contributed by atoms with Crippen molar-refractivity contribution in [2.24, 2.45) is 5.73 Å². The van der Waals surface area contributed by atoms with E-state index in [1.54, 1.807) is 28.9 Å². The minimum atomic E-state index is -1.09. The third-order valence-corrected chi connectivity index (χ3v) is 3.74. The number of rotatable bonds is 4. The first-order chi connectivity index (χ1) is 12.5. The maximum atomic E-state index is 13.2. The van der Waals surface area contributed by atoms with Gasteiger partial charge in [0, 0.05) is 30.1 Å². The molecule has 2 aromatic heterocycles. The van der Waals surface area contributed by atoms with Crippen LogP contribution < -0.4 is 11.1 Å². The molecule has 8 heteroatoms. The van der Waals surface area contributed by atoms with Gasteiger partial charge in [-0.25, -0.2) is 9.37 Å². The second-order valence-corrected chi connectivity index (χ2v) is 5.50. The molecule has 26 heavy (non-hydrogen) atoms. The zero-order valence-corrected chi connectivity index (χ0v) is 13.9. The predicted octanol–water partition coefficient (Wildman–Crippen LogP) is 2.19. The van der Waals surface area contributed by atoms with Crippen molar-refractivity contribution in [2.45, 2.75) is 13.5 Å². The molecule has 3 rings (SSSR count). The zero-order valence-electron chi connectivity index (χ0n) is 13.9. The van der Waals surface area contributed by atoms with Gasteiger partial charge >= 0.3 is 11.8 Å². The Labute approximate surface area is 148 Å². The number of carbonyl (C=O) groups excluding carboxylic acids is 2. The molecule has 3 N–H and O–H groups in total. The van der Waals surface area contributed by atoms with E-state index < -0.39 is 11.8 Å². The van der Waals surface area contributed by atoms with Gasteiger partial charge in [-0.15, -0.1) is 0 Å². The number of hydrogen-bond acceptors (Lipinski definition) is 4. The third-order valence-electron chi connectivity index (χ3n) is 3.74. The number of aryl methyl sites for hydroxylation is 1. The van der Waals surface area contributed by atoms with Crippen LogP contribution in [0.25, 0.3) is 22.4 Å². The van der Waals surface area contributed by atoms with Gasteiger partial charge in [-0.2, -0.15) is 5.10 Å². The van der Waals surface area contributed by atoms with Crippen molar-refractivity contribution in [1.82, 2.24) is 14.8 Å². The molecule has 0 atom stereocenters. The molecule has 3 aromatic rings. The van der Waals surface area contributed by atoms with Gasteiger partial charge < -0.3 is 11.1 Å². The lowest BCUT2D eigenvalue weighted by Crippen LogP contribution is -2.29. The number of nitrogens with two attached hydrogens (primary N) is 1. The van der Waals surface area contributed by atoms with Crippen LogP contribution in [-0.4, -0.2) is 26.6 Å². The molecule has 0 aliphatic heterocycles. The number of pyridine rings is 1. The van der Waals surface area contributed by atoms with Crippen LogP contribution in [0.5, 0.6) is 0 Å². The summed E-state index contributed by atoms with van der Waals surface area (Å²) in [5, 5.41) is 6.87. The lowest BCUT2D eigenvalue weighted by molar-refractivity contribution is -0.134. The Kier molecular flexibility index (Phi) is 4.74. The number of hydrogen-bond donors (Lipinski definition) is 2. The van der Waals surface area contributed by atoms with Gasteiger partial charge in [0.15, 0.2) is 0 Å². The highest BCUT2D eigenvalue weighted by molar-refractivity contribution is 6.39. The van der Waals surface area contributed by atoms with E-state index in [-0.39, 0.29) is 11.6 Å². The summed E-state index contributed by atoms with van der Waals surface area (Å²) in [5.74, 6) is -2.17. The first-order valence-corrected chi connectivity index (χ1v) is 7.88. The van der Waals surface area contributed by atoms with Crippen LogP contribution >= 0.6 is 0 Å². The van der Waals surface area contributed by atoms with Crippen LogP contribution in [0.2, 0.25) is 0 Å². The fourth-order valence-corrected chi connectivity index (χ4v) is 2.46. The summed E-state index contributed by atoms with van der Waals surface area (Å²) in [6.45, 7) is 2.61. The van der Waals surface area contributed by atoms with Crippen molar-refractivity contribution < 1.29 is 14.0 Å². The van der Waals surface area contributed by atoms with Gasteiger partial charge in [0.2, 0.25) is 0 Å². The van der Waals surface area contributed by atoms with Crippen LogP contribution in [-0.2, 0) is 16.1 Å². The van der Waals surface area contributed by atoms with E-state index in [1.165, 1.54) is 18.3 Å². The molecule has 0 aliphatic carbocycles. The SMILES string of the molecule is CCn1cc(-c2ccnc(NC(=O)C(N)=O)c2)c(-c2ccc(F)cc2)n1. The summed E-state index contributed by atoms with van der Waals surface area (Å²) in [4.78, 5) is 26.4. The summed E-state index contributed by atoms with van der Waals surface area (Å²) >= 11 is 0. The fraction of sp³-hybridized carbons (Fsp3) is 0.111. The van der Waals surface area contributed by atoms with Gasteiger partial charge in [0.25, 0.3) is 0 Å². The molecule has 2 heterocycles. The zero-order chi connectivity index (χ0) is 18.7. The average Bonchev–Trinajstić information content (AvgIpc) is 3.07. The number of amides is 2. The molecule has 2 amide bonds. The second kappa shape index (κ2) is 7.14. The summed E-state index contributed by atoms with van der Waals surface area (Å²) in [6.07, 6.45) is 3.36. The fourth-order valence-electron chi connectivity index (χ4n) is 2.46. The van der Waals surface area contributed by atoms with Gasteiger partial charge in [0.1, 0.15) is 17.3 Å². The summed E-state index contributed by atoms with van der Waals surface area (Å²) in [6, 6.07) is 9.41. The first kappa shape index (κ1) is 17.3. The molecule has 132 valence electrons. The van der Waals surface area contributed by atoms with E-state index >= 15 is 0 Å². The molecule has 0 spiro atoms. The van der Waals surface area contributed by atoms with Crippen LogP contribution in [0.15, 0.2) is 48.8 Å². The monoisotopic (exact) mass is 353 g/mol. The van der Waals surface area contributed by atoms with Crippen molar-refractivity contribution in [3.63, 3.8) is 0 Å². The lowest BCUT2D eigenvalue weighted by Gasteiger charge is -2.06. The topological polar surface area (TPSA) is 103 Å². The standard InChI is InChI=1S/C18H16FN5O2/c1-2-24-10-14(16(23-24)11-3-5-13(19)6-4-11)12-7-8-21-15(9-12)22-18(26)17(20)25/h3-10H,2H2,1H3,(H2,20,25)(H,21,22,26). The molecule has 7 nitrogen and oxygen atoms in total. The summed E-state index contributed by atoms with van der Waals surface area (Å²) in [7, 11) is 0. The Bertz CT molecular complexity index is 966. The number of aromatic nitrogens is 3. The Morgan fingerprint density at radius 3 is 2.58 bits per heavy atom. The summed E-state index contributed by atoms with van der Waals surface area (Å²) in [5.41, 5.74) is 7.90. The number of primary amides is 1. The molecular formula is C18H16FN5O2. The molecule has 0 fully saturated rings. The van der Waals surface area contributed by atoms with E-state index in [2.05, 4.69) is 15.4 Å². The van der Waals surface area contributed by atoms with Crippen LogP contribution in [0, 0.1) is 5.82 Å². The second-order valence-electron chi connectivity index (χ2n) is 5.50. The van der Waals surface area contributed by atoms with E-state index in [9.17, 15) is 14.0 Å². The molecule has 1 aromatic carbocycles. The molecule has 0 saturated heterocycles. The minimum Gasteiger partial charge on any atom is -0.361 e. The van der Waals surface area contributed by atoms with E-state index in [1.807, 2.05) is 13.1 Å². The van der Waals surface area contributed by atoms with Crippen molar-refractivity contribution in [2.75, 3.05) is 5.32 Å². The van der Waals surface area contributed by atoms with Gasteiger partial charge in [-0.05, 0) is 48.9 Å². The molecule has 0 bridgehead atoms. The highest BCUT2D eigenvalue weighted by Gasteiger charge is 2.15. The highest BCUT2D eigenvalue weighted by Crippen LogP contribution is 2.32. The highest BCUT2D eigenvalue weighted by atomic mass is 19.1. The van der Waals surface area contributed by atoms with Gasteiger partial charge in [-0.3, -0.25) is 14.3 Å². The number of nitrogens with one attached hydrogen (secondary N) is 1. The summed E-state index contributed by atoms with van der Waals surface area (Å²) < 4.78 is 15.0. The number of carbonyl (C=O) groups is 2. The first-order valence-electron chi connectivity index (χ1n) is 7.88. The number of anilines is 1. The van der Waals surface area contributed by atoms with Crippen LogP contribution in [0.3, 0.4) is 0 Å². The Morgan fingerprint density at radius 1 is 1.19 bits per heavy atom. The molecule has 0 radical (unpaired) electrons. The van der Waals surface area contributed by atoms with E-state index in [0.29, 0.717) is 12.2 Å². The quantitative estimate of drug-likeness (QED) is 0.702. The van der Waals surface area contributed by atoms with Gasteiger partial charge in [0.05, 0.1) is 0 Å². The molecular weight excluding hydrogens is 337 g/mol. The maximum Gasteiger partial charge on any atom is 0.314 e. The Morgan fingerprint density at radius 2 is 1.92 bits per heavy atom. The molecule has 0 aliphatic rings.